The van der Waals surface area contributed by atoms with E-state index in [4.69, 9.17) is 16.6 Å². The number of aliphatic imine (C=N–C) groups is 1. The number of amidine groups is 1. The van der Waals surface area contributed by atoms with Gasteiger partial charge in [0, 0.05) is 50.5 Å². The quantitative estimate of drug-likeness (QED) is 0.760. The fraction of sp³-hybridized carbons (Fsp3) is 0.500. The second kappa shape index (κ2) is 8.32. The maximum absolute atomic E-state index is 11.5. The Morgan fingerprint density at radius 2 is 1.90 bits per heavy atom. The molecule has 0 atom stereocenters. The Morgan fingerprint density at radius 1 is 1.19 bits per heavy atom. The molecule has 2 aromatic rings. The summed E-state index contributed by atoms with van der Waals surface area (Å²) in [5.41, 5.74) is 3.77. The maximum atomic E-state index is 11.5. The Labute approximate surface area is 189 Å². The van der Waals surface area contributed by atoms with E-state index < -0.39 is 11.4 Å². The van der Waals surface area contributed by atoms with E-state index in [0.29, 0.717) is 12.5 Å². The van der Waals surface area contributed by atoms with Gasteiger partial charge in [-0.3, -0.25) is 9.69 Å². The Hall–Kier alpha value is -2.31. The zero-order valence-electron chi connectivity index (χ0n) is 18.7. The molecule has 0 spiro atoms. The van der Waals surface area contributed by atoms with Crippen molar-refractivity contribution >= 4 is 29.1 Å². The molecule has 31 heavy (non-hydrogen) atoms. The van der Waals surface area contributed by atoms with Gasteiger partial charge >= 0.3 is 5.97 Å². The first-order valence-electron chi connectivity index (χ1n) is 10.9. The van der Waals surface area contributed by atoms with Gasteiger partial charge in [-0.15, -0.1) is 0 Å². The number of nitrogens with zero attached hydrogens (tertiary/aromatic N) is 4. The minimum Gasteiger partial charge on any atom is -0.481 e. The summed E-state index contributed by atoms with van der Waals surface area (Å²) < 4.78 is 2.29. The summed E-state index contributed by atoms with van der Waals surface area (Å²) in [7, 11) is 0. The van der Waals surface area contributed by atoms with Crippen LogP contribution in [0.25, 0.3) is 0 Å². The molecule has 1 fully saturated rings. The highest BCUT2D eigenvalue weighted by Gasteiger charge is 2.32. The number of aromatic nitrogens is 1. The summed E-state index contributed by atoms with van der Waals surface area (Å²) in [5, 5.41) is 10.2. The third kappa shape index (κ3) is 4.51. The molecule has 2 aliphatic heterocycles. The number of carboxylic acid groups (broad SMARTS) is 1. The largest absolute Gasteiger partial charge is 0.481 e. The van der Waals surface area contributed by atoms with Crippen molar-refractivity contribution in [3.8, 4) is 0 Å². The number of carbonyl (C=O) groups is 1. The fourth-order valence-corrected chi connectivity index (χ4v) is 4.48. The van der Waals surface area contributed by atoms with Crippen LogP contribution in [0.15, 0.2) is 35.5 Å². The highest BCUT2D eigenvalue weighted by atomic mass is 35.5. The number of hydrogen-bond acceptors (Lipinski definition) is 4. The molecule has 0 aliphatic carbocycles. The first-order chi connectivity index (χ1) is 14.6. The lowest BCUT2D eigenvalue weighted by Gasteiger charge is -2.38. The molecule has 0 amide bonds. The minimum atomic E-state index is -0.752. The molecule has 4 rings (SSSR count). The van der Waals surface area contributed by atoms with E-state index in [-0.39, 0.29) is 0 Å². The summed E-state index contributed by atoms with van der Waals surface area (Å²) in [6, 6.07) is 8.16. The topological polar surface area (TPSA) is 61.1 Å². The summed E-state index contributed by atoms with van der Waals surface area (Å²) >= 11 is 6.27. The molecule has 3 heterocycles. The number of piperazine rings is 1. The second-order valence-corrected chi connectivity index (χ2v) is 10.0. The van der Waals surface area contributed by atoms with Crippen molar-refractivity contribution in [2.45, 2.75) is 40.2 Å². The molecule has 1 N–H and O–H groups in total. The number of carboxylic acids is 1. The van der Waals surface area contributed by atoms with Gasteiger partial charge in [0.05, 0.1) is 16.8 Å². The van der Waals surface area contributed by atoms with Gasteiger partial charge in [-0.05, 0) is 55.2 Å². The van der Waals surface area contributed by atoms with Crippen LogP contribution in [0.2, 0.25) is 5.02 Å². The zero-order valence-corrected chi connectivity index (χ0v) is 19.5. The van der Waals surface area contributed by atoms with Crippen LogP contribution in [0.5, 0.6) is 0 Å². The van der Waals surface area contributed by atoms with E-state index in [1.165, 1.54) is 5.56 Å². The Kier molecular flexibility index (Phi) is 5.88. The molecule has 1 aromatic carbocycles. The van der Waals surface area contributed by atoms with E-state index in [2.05, 4.69) is 40.5 Å². The average Bonchev–Trinajstić information content (AvgIpc) is 3.05. The molecule has 1 aromatic heterocycles. The van der Waals surface area contributed by atoms with Gasteiger partial charge in [-0.1, -0.05) is 25.4 Å². The van der Waals surface area contributed by atoms with Crippen molar-refractivity contribution in [2.24, 2.45) is 10.4 Å². The monoisotopic (exact) mass is 442 g/mol. The van der Waals surface area contributed by atoms with Crippen molar-refractivity contribution in [1.29, 1.82) is 0 Å². The molecule has 7 heteroatoms. The third-order valence-electron chi connectivity index (χ3n) is 6.29. The summed E-state index contributed by atoms with van der Waals surface area (Å²) in [6.07, 6.45) is 2.23. The predicted molar refractivity (Wildman–Crippen MR) is 125 cm³/mol. The Bertz CT molecular complexity index is 1020. The minimum absolute atomic E-state index is 0.439. The van der Waals surface area contributed by atoms with Gasteiger partial charge in [0.25, 0.3) is 0 Å². The molecule has 1 saturated heterocycles. The average molecular weight is 443 g/mol. The summed E-state index contributed by atoms with van der Waals surface area (Å²) in [6.45, 7) is 12.6. The lowest BCUT2D eigenvalue weighted by atomic mass is 9.93. The fourth-order valence-electron chi connectivity index (χ4n) is 4.29. The first-order valence-corrected chi connectivity index (χ1v) is 11.3. The number of fused-ring (bicyclic) bond motifs is 2. The van der Waals surface area contributed by atoms with Crippen LogP contribution < -0.4 is 0 Å². The highest BCUT2D eigenvalue weighted by Crippen LogP contribution is 2.31. The molecule has 0 saturated carbocycles. The number of hydrogen-bond donors (Lipinski definition) is 1. The van der Waals surface area contributed by atoms with Crippen molar-refractivity contribution in [1.82, 2.24) is 14.4 Å². The van der Waals surface area contributed by atoms with Crippen LogP contribution in [-0.2, 0) is 11.3 Å². The zero-order chi connectivity index (χ0) is 22.3. The number of benzene rings is 1. The predicted octanol–water partition coefficient (Wildman–Crippen LogP) is 4.43. The van der Waals surface area contributed by atoms with Crippen LogP contribution in [0.1, 0.15) is 50.4 Å². The SMILES string of the molecule is CC(C)c1cc2n(c1)Cc1cc(Cl)ccc1N=C2N1CCN(CC(C)(C)C(=O)O)CC1. The molecule has 6 nitrogen and oxygen atoms in total. The van der Waals surface area contributed by atoms with E-state index in [0.717, 1.165) is 60.5 Å². The maximum Gasteiger partial charge on any atom is 0.310 e. The standard InChI is InChI=1S/C24H31ClN4O2/c1-16(2)17-12-21-22(26-20-6-5-19(25)11-18(20)14-29(21)13-17)28-9-7-27(8-10-28)15-24(3,4)23(30)31/h5-6,11-13,16H,7-10,14-15H2,1-4H3,(H,30,31). The summed E-state index contributed by atoms with van der Waals surface area (Å²) in [4.78, 5) is 21.2. The van der Waals surface area contributed by atoms with Crippen LogP contribution in [-0.4, -0.2) is 64.0 Å². The Morgan fingerprint density at radius 3 is 2.55 bits per heavy atom. The molecule has 166 valence electrons. The van der Waals surface area contributed by atoms with Crippen molar-refractivity contribution < 1.29 is 9.90 Å². The van der Waals surface area contributed by atoms with Gasteiger partial charge in [0.1, 0.15) is 0 Å². The summed E-state index contributed by atoms with van der Waals surface area (Å²) in [5.74, 6) is 0.678. The van der Waals surface area contributed by atoms with Gasteiger partial charge < -0.3 is 14.6 Å². The van der Waals surface area contributed by atoms with Gasteiger partial charge in [0.15, 0.2) is 5.84 Å². The van der Waals surface area contributed by atoms with Gasteiger partial charge in [0.2, 0.25) is 0 Å². The molecule has 0 unspecified atom stereocenters. The second-order valence-electron chi connectivity index (χ2n) is 9.60. The van der Waals surface area contributed by atoms with Crippen LogP contribution in [0, 0.1) is 5.41 Å². The molecule has 0 radical (unpaired) electrons. The number of aliphatic carboxylic acids is 1. The molecular formula is C24H31ClN4O2. The van der Waals surface area contributed by atoms with E-state index in [1.54, 1.807) is 13.8 Å². The normalized spacial score (nSPS) is 17.2. The van der Waals surface area contributed by atoms with E-state index >= 15 is 0 Å². The number of halogens is 1. The van der Waals surface area contributed by atoms with Crippen molar-refractivity contribution in [2.75, 3.05) is 32.7 Å². The van der Waals surface area contributed by atoms with Gasteiger partial charge in [-0.2, -0.15) is 0 Å². The molecule has 0 bridgehead atoms. The third-order valence-corrected chi connectivity index (χ3v) is 6.53. The number of rotatable bonds is 4. The smallest absolute Gasteiger partial charge is 0.310 e. The van der Waals surface area contributed by atoms with Crippen LogP contribution in [0.3, 0.4) is 0 Å². The van der Waals surface area contributed by atoms with Crippen molar-refractivity contribution in [3.05, 3.63) is 52.3 Å². The van der Waals surface area contributed by atoms with Crippen LogP contribution >= 0.6 is 11.6 Å². The molecule has 2 aliphatic rings. The van der Waals surface area contributed by atoms with Gasteiger partial charge in [-0.25, -0.2) is 4.99 Å². The molecular weight excluding hydrogens is 412 g/mol. The Balaban J connectivity index is 1.62. The van der Waals surface area contributed by atoms with Crippen LogP contribution in [0.4, 0.5) is 5.69 Å². The van der Waals surface area contributed by atoms with Crippen molar-refractivity contribution in [3.63, 3.8) is 0 Å². The van der Waals surface area contributed by atoms with E-state index in [1.807, 2.05) is 18.2 Å². The van der Waals surface area contributed by atoms with E-state index in [9.17, 15) is 9.90 Å². The lowest BCUT2D eigenvalue weighted by Crippen LogP contribution is -2.52. The first kappa shape index (κ1) is 21.9. The lowest BCUT2D eigenvalue weighted by molar-refractivity contribution is -0.148. The highest BCUT2D eigenvalue weighted by molar-refractivity contribution is 6.30.